The van der Waals surface area contributed by atoms with Crippen molar-refractivity contribution in [1.82, 2.24) is 13.8 Å². The Morgan fingerprint density at radius 3 is 1.88 bits per heavy atom. The monoisotopic (exact) mass is 647 g/mol. The average Bonchev–Trinajstić information content (AvgIpc) is 3.91. The van der Waals surface area contributed by atoms with Crippen LogP contribution < -0.4 is 0 Å². The van der Waals surface area contributed by atoms with Gasteiger partial charge in [0.1, 0.15) is 0 Å². The summed E-state index contributed by atoms with van der Waals surface area (Å²) < 4.78 is 4.74. The zero-order valence-corrected chi connectivity index (χ0v) is 27.6. The number of rotatable bonds is 3. The molecular formula is C48H29N3. The van der Waals surface area contributed by atoms with Crippen LogP contribution in [0.15, 0.2) is 176 Å². The molecule has 3 heteroatoms. The Labute approximate surface area is 293 Å². The van der Waals surface area contributed by atoms with E-state index in [1.807, 2.05) is 0 Å². The molecule has 0 amide bonds. The van der Waals surface area contributed by atoms with E-state index in [1.165, 1.54) is 82.6 Å². The van der Waals surface area contributed by atoms with Crippen molar-refractivity contribution in [3.8, 4) is 22.3 Å². The fourth-order valence-electron chi connectivity index (χ4n) is 9.38. The van der Waals surface area contributed by atoms with Gasteiger partial charge in [-0.15, -0.1) is 0 Å². The van der Waals surface area contributed by atoms with E-state index in [0.29, 0.717) is 0 Å². The summed E-state index contributed by atoms with van der Waals surface area (Å²) in [5.41, 5.74) is 15.4. The van der Waals surface area contributed by atoms with E-state index in [2.05, 4.69) is 185 Å². The predicted molar refractivity (Wildman–Crippen MR) is 210 cm³/mol. The first-order valence-corrected chi connectivity index (χ1v) is 17.6. The summed E-state index contributed by atoms with van der Waals surface area (Å²) in [7, 11) is 0. The van der Waals surface area contributed by atoms with Crippen LogP contribution in [0.5, 0.6) is 0 Å². The van der Waals surface area contributed by atoms with Gasteiger partial charge in [-0.05, 0) is 97.7 Å². The van der Waals surface area contributed by atoms with Gasteiger partial charge in [0.25, 0.3) is 0 Å². The Hall–Kier alpha value is -6.71. The highest BCUT2D eigenvalue weighted by molar-refractivity contribution is 6.19. The predicted octanol–water partition coefficient (Wildman–Crippen LogP) is 11.7. The number of benzene rings is 8. The van der Waals surface area contributed by atoms with Gasteiger partial charge in [0.05, 0.1) is 33.0 Å². The topological polar surface area (TPSA) is 21.7 Å². The van der Waals surface area contributed by atoms with Crippen molar-refractivity contribution in [3.63, 3.8) is 0 Å². The molecule has 0 fully saturated rings. The minimum Gasteiger partial charge on any atom is -0.277 e. The van der Waals surface area contributed by atoms with Gasteiger partial charge in [0.15, 0.2) is 0 Å². The normalized spacial score (nSPS) is 13.6. The largest absolute Gasteiger partial charge is 0.277 e. The summed E-state index contributed by atoms with van der Waals surface area (Å²) in [5.74, 6) is 0.954. The van der Waals surface area contributed by atoms with Crippen LogP contribution in [0, 0.1) is 0 Å². The SMILES string of the molecule is c1ccc(C2(c3ccccc3)c3ccccc3-c3ccc(-c4cc5c6cc7ccccc7cc6n6c5c(c4)n4c5ccccc5nc46)cc32)cc1. The van der Waals surface area contributed by atoms with Gasteiger partial charge in [-0.2, -0.15) is 0 Å². The number of aromatic nitrogens is 3. The lowest BCUT2D eigenvalue weighted by Gasteiger charge is -2.34. The highest BCUT2D eigenvalue weighted by Gasteiger charge is 2.46. The number of hydrogen-bond acceptors (Lipinski definition) is 1. The van der Waals surface area contributed by atoms with Crippen LogP contribution in [0.4, 0.5) is 0 Å². The van der Waals surface area contributed by atoms with Gasteiger partial charge in [0, 0.05) is 10.8 Å². The summed E-state index contributed by atoms with van der Waals surface area (Å²) >= 11 is 0. The Morgan fingerprint density at radius 2 is 1.08 bits per heavy atom. The van der Waals surface area contributed by atoms with Crippen molar-refractivity contribution in [1.29, 1.82) is 0 Å². The second-order valence-electron chi connectivity index (χ2n) is 14.0. The highest BCUT2D eigenvalue weighted by Crippen LogP contribution is 2.57. The second kappa shape index (κ2) is 9.71. The molecule has 1 aliphatic rings. The van der Waals surface area contributed by atoms with Crippen molar-refractivity contribution in [2.45, 2.75) is 5.41 Å². The second-order valence-corrected chi connectivity index (χ2v) is 14.0. The first kappa shape index (κ1) is 27.2. The summed E-state index contributed by atoms with van der Waals surface area (Å²) in [5, 5.41) is 4.98. The van der Waals surface area contributed by atoms with Gasteiger partial charge in [-0.1, -0.05) is 133 Å². The molecule has 0 aliphatic heterocycles. The number of imidazole rings is 2. The molecule has 0 saturated carbocycles. The first-order chi connectivity index (χ1) is 25.3. The van der Waals surface area contributed by atoms with E-state index in [9.17, 15) is 0 Å². The average molecular weight is 648 g/mol. The molecule has 0 atom stereocenters. The fraction of sp³-hybridized carbons (Fsp3) is 0.0208. The molecule has 236 valence electrons. The van der Waals surface area contributed by atoms with E-state index in [4.69, 9.17) is 4.98 Å². The maximum Gasteiger partial charge on any atom is 0.220 e. The molecule has 3 heterocycles. The lowest BCUT2D eigenvalue weighted by molar-refractivity contribution is 0.769. The molecule has 12 rings (SSSR count). The van der Waals surface area contributed by atoms with E-state index < -0.39 is 5.41 Å². The molecule has 0 saturated heterocycles. The van der Waals surface area contributed by atoms with Crippen molar-refractivity contribution >= 4 is 54.9 Å². The van der Waals surface area contributed by atoms with Crippen molar-refractivity contribution < 1.29 is 0 Å². The lowest BCUT2D eigenvalue weighted by Crippen LogP contribution is -2.28. The molecule has 0 bridgehead atoms. The summed E-state index contributed by atoms with van der Waals surface area (Å²) in [4.78, 5) is 5.22. The number of para-hydroxylation sites is 2. The summed E-state index contributed by atoms with van der Waals surface area (Å²) in [6, 6.07) is 64.9. The van der Waals surface area contributed by atoms with Crippen LogP contribution in [-0.4, -0.2) is 13.8 Å². The third-order valence-corrected chi connectivity index (χ3v) is 11.5. The summed E-state index contributed by atoms with van der Waals surface area (Å²) in [6.07, 6.45) is 0. The van der Waals surface area contributed by atoms with Gasteiger partial charge in [-0.25, -0.2) is 4.98 Å². The number of hydrogen-bond donors (Lipinski definition) is 0. The molecule has 3 aromatic heterocycles. The van der Waals surface area contributed by atoms with E-state index in [-0.39, 0.29) is 0 Å². The third-order valence-electron chi connectivity index (χ3n) is 11.5. The van der Waals surface area contributed by atoms with Crippen LogP contribution in [0.25, 0.3) is 77.2 Å². The number of fused-ring (bicyclic) bond motifs is 12. The standard InChI is InChI=1S/C48H29N3/c1-3-15-34(16-4-1)48(35-17-5-2-6-18-35)40-20-10-9-19-36(40)37-24-23-32(27-41(37)48)33-26-39-38-25-30-13-7-8-14-31(30)28-44(38)51-46(39)45(29-33)50-43-22-12-11-21-42(43)49-47(50)51/h1-29H. The minimum absolute atomic E-state index is 0.450. The van der Waals surface area contributed by atoms with Gasteiger partial charge >= 0.3 is 0 Å². The summed E-state index contributed by atoms with van der Waals surface area (Å²) in [6.45, 7) is 0. The van der Waals surface area contributed by atoms with Gasteiger partial charge in [-0.3, -0.25) is 8.80 Å². The quantitative estimate of drug-likeness (QED) is 0.187. The fourth-order valence-corrected chi connectivity index (χ4v) is 9.38. The van der Waals surface area contributed by atoms with E-state index in [1.54, 1.807) is 0 Å². The van der Waals surface area contributed by atoms with Crippen LogP contribution in [0.1, 0.15) is 22.3 Å². The Morgan fingerprint density at radius 1 is 0.412 bits per heavy atom. The molecule has 0 N–H and O–H groups in total. The highest BCUT2D eigenvalue weighted by atomic mass is 15.2. The molecule has 3 nitrogen and oxygen atoms in total. The minimum atomic E-state index is -0.450. The van der Waals surface area contributed by atoms with Crippen LogP contribution in [0.3, 0.4) is 0 Å². The molecule has 0 spiro atoms. The zero-order valence-electron chi connectivity index (χ0n) is 27.6. The molecular weight excluding hydrogens is 619 g/mol. The molecule has 11 aromatic rings. The van der Waals surface area contributed by atoms with Crippen molar-refractivity contribution in [2.24, 2.45) is 0 Å². The molecule has 51 heavy (non-hydrogen) atoms. The Kier molecular flexibility index (Phi) is 5.17. The van der Waals surface area contributed by atoms with Crippen molar-refractivity contribution in [3.05, 3.63) is 198 Å². The number of nitrogens with zero attached hydrogens (tertiary/aromatic N) is 3. The smallest absolute Gasteiger partial charge is 0.220 e. The maximum atomic E-state index is 5.22. The first-order valence-electron chi connectivity index (χ1n) is 17.6. The lowest BCUT2D eigenvalue weighted by atomic mass is 9.67. The van der Waals surface area contributed by atoms with Gasteiger partial charge in [0.2, 0.25) is 5.78 Å². The Bertz CT molecular complexity index is 3150. The molecule has 8 aromatic carbocycles. The molecule has 0 radical (unpaired) electrons. The maximum absolute atomic E-state index is 5.22. The molecule has 1 aliphatic carbocycles. The van der Waals surface area contributed by atoms with Crippen LogP contribution >= 0.6 is 0 Å². The van der Waals surface area contributed by atoms with Crippen LogP contribution in [-0.2, 0) is 5.41 Å². The van der Waals surface area contributed by atoms with Gasteiger partial charge < -0.3 is 0 Å². The molecule has 0 unspecified atom stereocenters. The van der Waals surface area contributed by atoms with Crippen molar-refractivity contribution in [2.75, 3.05) is 0 Å². The van der Waals surface area contributed by atoms with Crippen LogP contribution in [0.2, 0.25) is 0 Å². The van der Waals surface area contributed by atoms with E-state index >= 15 is 0 Å². The zero-order chi connectivity index (χ0) is 33.3. The Balaban J connectivity index is 1.20. The van der Waals surface area contributed by atoms with E-state index in [0.717, 1.165) is 16.8 Å². The third kappa shape index (κ3) is 3.40.